The minimum atomic E-state index is -0.484. The Morgan fingerprint density at radius 3 is 2.46 bits per heavy atom. The van der Waals surface area contributed by atoms with Crippen molar-refractivity contribution in [3.05, 3.63) is 58.6 Å². The second-order valence-corrected chi connectivity index (χ2v) is 6.16. The quantitative estimate of drug-likeness (QED) is 0.757. The Morgan fingerprint density at radius 2 is 1.83 bits per heavy atom. The van der Waals surface area contributed by atoms with E-state index in [0.29, 0.717) is 29.5 Å². The molecule has 2 atom stereocenters. The number of benzene rings is 2. The molecule has 2 aromatic carbocycles. The number of rotatable bonds is 8. The fourth-order valence-electron chi connectivity index (χ4n) is 2.59. The number of aliphatic hydroxyl groups excluding tert-OH is 1. The molecule has 0 bridgehead atoms. The molecular formula is C19H24ClNO3. The normalized spacial score (nSPS) is 13.4. The Kier molecular flexibility index (Phi) is 6.91. The van der Waals surface area contributed by atoms with Gasteiger partial charge in [0.15, 0.2) is 11.5 Å². The molecule has 0 heterocycles. The van der Waals surface area contributed by atoms with Crippen LogP contribution in [0.4, 0.5) is 0 Å². The molecule has 4 nitrogen and oxygen atoms in total. The maximum atomic E-state index is 10.3. The molecule has 0 saturated heterocycles. The van der Waals surface area contributed by atoms with Gasteiger partial charge in [-0.2, -0.15) is 0 Å². The van der Waals surface area contributed by atoms with E-state index in [1.807, 2.05) is 42.5 Å². The average molecular weight is 350 g/mol. The van der Waals surface area contributed by atoms with Gasteiger partial charge in [0.25, 0.3) is 0 Å². The van der Waals surface area contributed by atoms with Gasteiger partial charge < -0.3 is 19.9 Å². The van der Waals surface area contributed by atoms with Gasteiger partial charge in [0, 0.05) is 12.6 Å². The second-order valence-electron chi connectivity index (χ2n) is 5.76. The maximum Gasteiger partial charge on any atom is 0.179 e. The predicted molar refractivity (Wildman–Crippen MR) is 96.9 cm³/mol. The van der Waals surface area contributed by atoms with Crippen molar-refractivity contribution in [1.29, 1.82) is 0 Å². The van der Waals surface area contributed by atoms with Gasteiger partial charge in [-0.25, -0.2) is 0 Å². The lowest BCUT2D eigenvalue weighted by Crippen LogP contribution is -2.27. The number of methoxy groups -OCH3 is 2. The molecular weight excluding hydrogens is 326 g/mol. The van der Waals surface area contributed by atoms with E-state index in [9.17, 15) is 5.11 Å². The van der Waals surface area contributed by atoms with Gasteiger partial charge in [-0.15, -0.1) is 0 Å². The molecule has 0 amide bonds. The Labute approximate surface area is 148 Å². The van der Waals surface area contributed by atoms with E-state index in [0.717, 1.165) is 11.1 Å². The number of halogens is 1. The average Bonchev–Trinajstić information content (AvgIpc) is 2.60. The van der Waals surface area contributed by atoms with Gasteiger partial charge in [0.1, 0.15) is 0 Å². The zero-order valence-corrected chi connectivity index (χ0v) is 15.0. The predicted octanol–water partition coefficient (Wildman–Crippen LogP) is 3.96. The minimum absolute atomic E-state index is 0.145. The number of nitrogens with one attached hydrogen (secondary N) is 1. The number of hydrogen-bond acceptors (Lipinski definition) is 4. The second kappa shape index (κ2) is 8.92. The Balaban J connectivity index is 1.94. The van der Waals surface area contributed by atoms with Gasteiger partial charge >= 0.3 is 0 Å². The van der Waals surface area contributed by atoms with Crippen LogP contribution in [0.3, 0.4) is 0 Å². The highest BCUT2D eigenvalue weighted by Crippen LogP contribution is 2.36. The first-order valence-electron chi connectivity index (χ1n) is 7.92. The summed E-state index contributed by atoms with van der Waals surface area (Å²) in [5.41, 5.74) is 1.93. The fraction of sp³-hybridized carbons (Fsp3) is 0.368. The van der Waals surface area contributed by atoms with Gasteiger partial charge in [-0.3, -0.25) is 0 Å². The fourth-order valence-corrected chi connectivity index (χ4v) is 2.91. The Hall–Kier alpha value is -1.75. The van der Waals surface area contributed by atoms with E-state index in [2.05, 4.69) is 12.2 Å². The lowest BCUT2D eigenvalue weighted by atomic mass is 10.0. The molecule has 130 valence electrons. The molecule has 5 heteroatoms. The lowest BCUT2D eigenvalue weighted by molar-refractivity contribution is 0.154. The van der Waals surface area contributed by atoms with Gasteiger partial charge in [-0.1, -0.05) is 41.9 Å². The molecule has 0 spiro atoms. The monoisotopic (exact) mass is 349 g/mol. The molecule has 2 aromatic rings. The van der Waals surface area contributed by atoms with Crippen molar-refractivity contribution in [1.82, 2.24) is 5.32 Å². The molecule has 0 saturated carbocycles. The summed E-state index contributed by atoms with van der Waals surface area (Å²) in [4.78, 5) is 0. The van der Waals surface area contributed by atoms with Gasteiger partial charge in [0.05, 0.1) is 25.3 Å². The zero-order chi connectivity index (χ0) is 17.5. The molecule has 24 heavy (non-hydrogen) atoms. The largest absolute Gasteiger partial charge is 0.493 e. The summed E-state index contributed by atoms with van der Waals surface area (Å²) >= 11 is 6.22. The van der Waals surface area contributed by atoms with Crippen LogP contribution < -0.4 is 14.8 Å². The number of ether oxygens (including phenoxy) is 2. The van der Waals surface area contributed by atoms with Crippen LogP contribution in [0.5, 0.6) is 11.5 Å². The Bertz CT molecular complexity index is 649. The standard InChI is InChI=1S/C19H24ClNO3/c1-13(9-17(22)15-7-5-4-6-8-15)21-12-14-10-16(20)19(24-3)18(11-14)23-2/h4-8,10-11,13,17,21-22H,9,12H2,1-3H3. The van der Waals surface area contributed by atoms with Crippen molar-refractivity contribution in [3.63, 3.8) is 0 Å². The minimum Gasteiger partial charge on any atom is -0.493 e. The van der Waals surface area contributed by atoms with E-state index in [1.54, 1.807) is 14.2 Å². The van der Waals surface area contributed by atoms with Crippen LogP contribution >= 0.6 is 11.6 Å². The topological polar surface area (TPSA) is 50.7 Å². The first-order valence-corrected chi connectivity index (χ1v) is 8.29. The van der Waals surface area contributed by atoms with Crippen LogP contribution in [0.1, 0.15) is 30.6 Å². The lowest BCUT2D eigenvalue weighted by Gasteiger charge is -2.19. The third-order valence-electron chi connectivity index (χ3n) is 3.91. The van der Waals surface area contributed by atoms with Crippen LogP contribution in [0, 0.1) is 0 Å². The van der Waals surface area contributed by atoms with Crippen molar-refractivity contribution >= 4 is 11.6 Å². The van der Waals surface area contributed by atoms with Gasteiger partial charge in [0.2, 0.25) is 0 Å². The molecule has 0 aromatic heterocycles. The molecule has 0 aliphatic heterocycles. The highest BCUT2D eigenvalue weighted by molar-refractivity contribution is 6.32. The van der Waals surface area contributed by atoms with E-state index < -0.39 is 6.10 Å². The molecule has 0 radical (unpaired) electrons. The van der Waals surface area contributed by atoms with Crippen LogP contribution in [0.15, 0.2) is 42.5 Å². The van der Waals surface area contributed by atoms with Crippen molar-refractivity contribution in [2.24, 2.45) is 0 Å². The van der Waals surface area contributed by atoms with Crippen LogP contribution in [0.2, 0.25) is 5.02 Å². The number of hydrogen-bond donors (Lipinski definition) is 2. The molecule has 0 aliphatic rings. The number of aliphatic hydroxyl groups is 1. The van der Waals surface area contributed by atoms with Crippen LogP contribution in [0.25, 0.3) is 0 Å². The molecule has 0 fully saturated rings. The first-order chi connectivity index (χ1) is 11.5. The van der Waals surface area contributed by atoms with E-state index in [-0.39, 0.29) is 6.04 Å². The highest BCUT2D eigenvalue weighted by atomic mass is 35.5. The third kappa shape index (κ3) is 4.87. The highest BCUT2D eigenvalue weighted by Gasteiger charge is 2.14. The summed E-state index contributed by atoms with van der Waals surface area (Å²) in [6, 6.07) is 13.6. The maximum absolute atomic E-state index is 10.3. The van der Waals surface area contributed by atoms with Crippen molar-refractivity contribution in [2.75, 3.05) is 14.2 Å². The zero-order valence-electron chi connectivity index (χ0n) is 14.3. The van der Waals surface area contributed by atoms with E-state index in [1.165, 1.54) is 0 Å². The summed E-state index contributed by atoms with van der Waals surface area (Å²) < 4.78 is 10.5. The molecule has 2 rings (SSSR count). The Morgan fingerprint density at radius 1 is 1.12 bits per heavy atom. The summed E-state index contributed by atoms with van der Waals surface area (Å²) in [5, 5.41) is 14.2. The van der Waals surface area contributed by atoms with Crippen LogP contribution in [-0.2, 0) is 6.54 Å². The van der Waals surface area contributed by atoms with Crippen LogP contribution in [-0.4, -0.2) is 25.4 Å². The summed E-state index contributed by atoms with van der Waals surface area (Å²) in [5.74, 6) is 1.15. The first kappa shape index (κ1) is 18.6. The van der Waals surface area contributed by atoms with E-state index in [4.69, 9.17) is 21.1 Å². The SMILES string of the molecule is COc1cc(CNC(C)CC(O)c2ccccc2)cc(Cl)c1OC. The van der Waals surface area contributed by atoms with Crippen molar-refractivity contribution < 1.29 is 14.6 Å². The summed E-state index contributed by atoms with van der Waals surface area (Å²) in [6.07, 6.45) is 0.146. The smallest absolute Gasteiger partial charge is 0.179 e. The molecule has 0 aliphatic carbocycles. The summed E-state index contributed by atoms with van der Waals surface area (Å²) in [6.45, 7) is 2.68. The van der Waals surface area contributed by atoms with Crippen molar-refractivity contribution in [2.45, 2.75) is 32.0 Å². The van der Waals surface area contributed by atoms with Crippen molar-refractivity contribution in [3.8, 4) is 11.5 Å². The molecule has 2 N–H and O–H groups in total. The third-order valence-corrected chi connectivity index (χ3v) is 4.19. The molecule has 2 unspecified atom stereocenters. The van der Waals surface area contributed by atoms with Gasteiger partial charge in [-0.05, 0) is 36.6 Å². The summed E-state index contributed by atoms with van der Waals surface area (Å²) in [7, 11) is 3.15. The van der Waals surface area contributed by atoms with E-state index >= 15 is 0 Å².